The molecule has 0 bridgehead atoms. The summed E-state index contributed by atoms with van der Waals surface area (Å²) in [6.45, 7) is 0.641. The van der Waals surface area contributed by atoms with Gasteiger partial charge in [0.15, 0.2) is 0 Å². The average Bonchev–Trinajstić information content (AvgIpc) is 2.82. The van der Waals surface area contributed by atoms with Crippen molar-refractivity contribution in [2.45, 2.75) is 30.6 Å². The highest BCUT2D eigenvalue weighted by Crippen LogP contribution is 2.34. The van der Waals surface area contributed by atoms with E-state index in [1.54, 1.807) is 4.90 Å². The summed E-state index contributed by atoms with van der Waals surface area (Å²) in [4.78, 5) is 22.6. The Morgan fingerprint density at radius 3 is 2.14 bits per heavy atom. The fraction of sp³-hybridized carbons (Fsp3) is 0.318. The van der Waals surface area contributed by atoms with Crippen molar-refractivity contribution in [3.63, 3.8) is 0 Å². The molecule has 0 spiro atoms. The third kappa shape index (κ3) is 6.03. The molecule has 1 amide bonds. The van der Waals surface area contributed by atoms with Crippen LogP contribution < -0.4 is 8.92 Å². The third-order valence-electron chi connectivity index (χ3n) is 5.63. The van der Waals surface area contributed by atoms with Crippen LogP contribution in [0.1, 0.15) is 34.8 Å². The van der Waals surface area contributed by atoms with E-state index in [0.717, 1.165) is 24.3 Å². The molecule has 198 valence electrons. The zero-order chi connectivity index (χ0) is 27.0. The molecule has 1 fully saturated rings. The molecule has 15 heteroatoms. The van der Waals surface area contributed by atoms with Gasteiger partial charge < -0.3 is 13.8 Å². The molecule has 0 unspecified atom stereocenters. The highest BCUT2D eigenvalue weighted by atomic mass is 32.2. The quantitative estimate of drug-likeness (QED) is 0.257. The van der Waals surface area contributed by atoms with Crippen LogP contribution in [0.3, 0.4) is 0 Å². The summed E-state index contributed by atoms with van der Waals surface area (Å²) in [6, 6.07) is 8.10. The van der Waals surface area contributed by atoms with Crippen molar-refractivity contribution in [2.75, 3.05) is 13.1 Å². The van der Waals surface area contributed by atoms with Gasteiger partial charge in [-0.15, -0.1) is 13.2 Å². The molecule has 0 aliphatic carbocycles. The van der Waals surface area contributed by atoms with Crippen LogP contribution in [-0.4, -0.2) is 54.2 Å². The average molecular weight is 549 g/mol. The van der Waals surface area contributed by atoms with E-state index in [4.69, 9.17) is 0 Å². The Morgan fingerprint density at radius 1 is 0.919 bits per heavy atom. The van der Waals surface area contributed by atoms with Crippen LogP contribution in [0.5, 0.6) is 11.5 Å². The maximum Gasteiger partial charge on any atom is 0.573 e. The van der Waals surface area contributed by atoms with Crippen molar-refractivity contribution in [1.82, 2.24) is 14.9 Å². The van der Waals surface area contributed by atoms with Crippen molar-refractivity contribution < 1.29 is 48.5 Å². The molecule has 2 aromatic carbocycles. The van der Waals surface area contributed by atoms with Crippen molar-refractivity contribution in [3.05, 3.63) is 60.0 Å². The Balaban J connectivity index is 1.44. The Labute approximate surface area is 205 Å². The summed E-state index contributed by atoms with van der Waals surface area (Å²) in [5.74, 6) is -1.50. The van der Waals surface area contributed by atoms with E-state index in [-0.39, 0.29) is 22.9 Å². The number of fused-ring (bicyclic) bond motifs is 1. The number of benzene rings is 2. The molecule has 1 aliphatic rings. The Hall–Kier alpha value is -3.62. The zero-order valence-corrected chi connectivity index (χ0v) is 19.4. The molecule has 0 N–H and O–H groups in total. The summed E-state index contributed by atoms with van der Waals surface area (Å²) in [5.41, 5.74) is -4.62. The number of nitrogens with zero attached hydrogens (tertiary/aromatic N) is 3. The van der Waals surface area contributed by atoms with Gasteiger partial charge in [0.2, 0.25) is 0 Å². The van der Waals surface area contributed by atoms with Crippen molar-refractivity contribution >= 4 is 26.9 Å². The summed E-state index contributed by atoms with van der Waals surface area (Å²) in [6.07, 6.45) is -2.68. The molecule has 1 aromatic heterocycles. The van der Waals surface area contributed by atoms with Crippen LogP contribution in [-0.2, 0) is 10.1 Å². The van der Waals surface area contributed by atoms with Gasteiger partial charge in [-0.3, -0.25) is 4.79 Å². The maximum absolute atomic E-state index is 12.8. The highest BCUT2D eigenvalue weighted by Gasteiger charge is 2.48. The first-order valence-electron chi connectivity index (χ1n) is 10.6. The van der Waals surface area contributed by atoms with Gasteiger partial charge in [-0.2, -0.15) is 21.6 Å². The number of alkyl halides is 6. The smallest absolute Gasteiger partial charge is 0.406 e. The van der Waals surface area contributed by atoms with Gasteiger partial charge in [0.25, 0.3) is 5.91 Å². The lowest BCUT2D eigenvalue weighted by atomic mass is 9.90. The predicted octanol–water partition coefficient (Wildman–Crippen LogP) is 4.78. The Kier molecular flexibility index (Phi) is 6.92. The van der Waals surface area contributed by atoms with Gasteiger partial charge in [0.1, 0.15) is 17.8 Å². The lowest BCUT2D eigenvalue weighted by molar-refractivity contribution is -0.274. The molecular weight excluding hydrogens is 532 g/mol. The summed E-state index contributed by atoms with van der Waals surface area (Å²) < 4.78 is 105. The van der Waals surface area contributed by atoms with Gasteiger partial charge >= 0.3 is 22.0 Å². The number of hydrogen-bond donors (Lipinski definition) is 0. The van der Waals surface area contributed by atoms with Crippen molar-refractivity contribution in [1.29, 1.82) is 0 Å². The molecule has 1 saturated heterocycles. The van der Waals surface area contributed by atoms with Crippen LogP contribution in [0.25, 0.3) is 10.9 Å². The van der Waals surface area contributed by atoms with E-state index in [2.05, 4.69) is 18.9 Å². The second-order valence-electron chi connectivity index (χ2n) is 8.06. The van der Waals surface area contributed by atoms with E-state index >= 15 is 0 Å². The molecule has 2 heterocycles. The van der Waals surface area contributed by atoms with Gasteiger partial charge in [-0.05, 0) is 49.2 Å². The molecule has 3 aromatic rings. The number of hydrogen-bond acceptors (Lipinski definition) is 7. The number of likely N-dealkylation sites (tertiary alicyclic amines) is 1. The first-order valence-corrected chi connectivity index (χ1v) is 12.0. The summed E-state index contributed by atoms with van der Waals surface area (Å²) >= 11 is 0. The van der Waals surface area contributed by atoms with Gasteiger partial charge in [0, 0.05) is 36.0 Å². The van der Waals surface area contributed by atoms with E-state index in [1.165, 1.54) is 24.5 Å². The second kappa shape index (κ2) is 9.68. The molecule has 1 aliphatic heterocycles. The fourth-order valence-corrected chi connectivity index (χ4v) is 4.40. The summed E-state index contributed by atoms with van der Waals surface area (Å²) in [7, 11) is -5.84. The zero-order valence-electron chi connectivity index (χ0n) is 18.6. The Bertz CT molecular complexity index is 1400. The van der Waals surface area contributed by atoms with Crippen LogP contribution in [0.15, 0.2) is 48.8 Å². The highest BCUT2D eigenvalue weighted by molar-refractivity contribution is 7.88. The number of rotatable bonds is 5. The van der Waals surface area contributed by atoms with Gasteiger partial charge in [0.05, 0.1) is 11.2 Å². The number of carbonyl (C=O) groups is 1. The third-order valence-corrected chi connectivity index (χ3v) is 6.61. The molecule has 0 radical (unpaired) electrons. The molecule has 0 saturated carbocycles. The monoisotopic (exact) mass is 549 g/mol. The first kappa shape index (κ1) is 26.4. The first-order chi connectivity index (χ1) is 17.2. The standard InChI is InChI=1S/C22H17F6N3O5S/c23-21(24,25)35-15-3-1-14(2-4-15)20(32)31-9-7-13(8-10-31)19-17-6-5-16(11-18(17)29-12-30-19)36-37(33,34)22(26,27)28/h1-6,11-13H,7-10H2. The number of amides is 1. The molecule has 4 rings (SSSR count). The minimum absolute atomic E-state index is 0.136. The number of aromatic nitrogens is 2. The molecule has 8 nitrogen and oxygen atoms in total. The van der Waals surface area contributed by atoms with E-state index < -0.39 is 33.5 Å². The second-order valence-corrected chi connectivity index (χ2v) is 9.60. The van der Waals surface area contributed by atoms with Crippen LogP contribution >= 0.6 is 0 Å². The number of halogens is 6. The molecule has 37 heavy (non-hydrogen) atoms. The van der Waals surface area contributed by atoms with Crippen molar-refractivity contribution in [2.24, 2.45) is 0 Å². The lowest BCUT2D eigenvalue weighted by Crippen LogP contribution is -2.38. The maximum atomic E-state index is 12.8. The van der Waals surface area contributed by atoms with Gasteiger partial charge in [-0.25, -0.2) is 9.97 Å². The van der Waals surface area contributed by atoms with Crippen molar-refractivity contribution in [3.8, 4) is 11.5 Å². The van der Waals surface area contributed by atoms with E-state index in [9.17, 15) is 39.6 Å². The molecular formula is C22H17F6N3O5S. The number of piperidine rings is 1. The fourth-order valence-electron chi connectivity index (χ4n) is 3.95. The largest absolute Gasteiger partial charge is 0.573 e. The summed E-state index contributed by atoms with van der Waals surface area (Å²) in [5, 5.41) is 0.490. The lowest BCUT2D eigenvalue weighted by Gasteiger charge is -2.32. The SMILES string of the molecule is O=C(c1ccc(OC(F)(F)F)cc1)N1CCC(c2ncnc3cc(OS(=O)(=O)C(F)(F)F)ccc23)CC1. The number of ether oxygens (including phenoxy) is 1. The van der Waals surface area contributed by atoms with Crippen LogP contribution in [0.4, 0.5) is 26.3 Å². The van der Waals surface area contributed by atoms with Crippen LogP contribution in [0, 0.1) is 0 Å². The topological polar surface area (TPSA) is 98.7 Å². The normalized spacial score (nSPS) is 15.6. The molecule has 0 atom stereocenters. The number of carbonyl (C=O) groups excluding carboxylic acids is 1. The minimum atomic E-state index is -5.84. The van der Waals surface area contributed by atoms with E-state index in [0.29, 0.717) is 37.0 Å². The minimum Gasteiger partial charge on any atom is -0.406 e. The predicted molar refractivity (Wildman–Crippen MR) is 116 cm³/mol. The van der Waals surface area contributed by atoms with Gasteiger partial charge in [-0.1, -0.05) is 0 Å². The van der Waals surface area contributed by atoms with Crippen LogP contribution in [0.2, 0.25) is 0 Å². The van der Waals surface area contributed by atoms with E-state index in [1.807, 2.05) is 0 Å². The Morgan fingerprint density at radius 2 is 1.54 bits per heavy atom.